The minimum atomic E-state index is -4.42. The van der Waals surface area contributed by atoms with Crippen molar-refractivity contribution in [2.45, 2.75) is 95.4 Å². The number of aryl methyl sites for hydroxylation is 2. The first-order valence-electron chi connectivity index (χ1n) is 16.8. The molecule has 0 heterocycles. The third-order valence-electron chi connectivity index (χ3n) is 8.23. The summed E-state index contributed by atoms with van der Waals surface area (Å²) in [7, 11) is -2.49. The number of benzene rings is 4. The number of alkyl halides is 6. The fraction of sp³-hybridized carbons (Fsp3) is 0.368. The van der Waals surface area contributed by atoms with Gasteiger partial charge in [0.2, 0.25) is 0 Å². The Balaban J connectivity index is 1.15. The third-order valence-corrected chi connectivity index (χ3v) is 11.6. The number of hydrogen-bond donors (Lipinski definition) is 2. The molecule has 16 heteroatoms. The van der Waals surface area contributed by atoms with Crippen LogP contribution in [-0.2, 0) is 38.8 Å². The van der Waals surface area contributed by atoms with Crippen LogP contribution in [0.3, 0.4) is 0 Å². The number of nitrogens with two attached hydrogens (primary N) is 2. The molecule has 4 aromatic rings. The van der Waals surface area contributed by atoms with Crippen molar-refractivity contribution in [3.05, 3.63) is 117 Å². The van der Waals surface area contributed by atoms with E-state index in [0.717, 1.165) is 35.4 Å². The van der Waals surface area contributed by atoms with Gasteiger partial charge < -0.3 is 11.5 Å². The first kappa shape index (κ1) is 44.4. The molecule has 0 saturated carbocycles. The van der Waals surface area contributed by atoms with Gasteiger partial charge in [-0.25, -0.2) is 0 Å². The van der Waals surface area contributed by atoms with E-state index in [4.69, 9.17) is 43.7 Å². The molecule has 0 radical (unpaired) electrons. The summed E-state index contributed by atoms with van der Waals surface area (Å²) in [6.45, 7) is 3.51. The van der Waals surface area contributed by atoms with Gasteiger partial charge >= 0.3 is 20.6 Å². The predicted molar refractivity (Wildman–Crippen MR) is 205 cm³/mol. The van der Waals surface area contributed by atoms with Crippen LogP contribution in [0.25, 0.3) is 0 Å². The van der Waals surface area contributed by atoms with Gasteiger partial charge in [0.1, 0.15) is 13.2 Å². The molecular formula is C38H40Cl2F6N2O3PS2+. The molecule has 4 aromatic carbocycles. The lowest BCUT2D eigenvalue weighted by molar-refractivity contribution is -0.138. The summed E-state index contributed by atoms with van der Waals surface area (Å²) in [5.74, 6) is 0. The second-order valence-corrected chi connectivity index (χ2v) is 17.6. The number of halogens is 8. The highest BCUT2D eigenvalue weighted by atomic mass is 35.5. The molecule has 5 nitrogen and oxygen atoms in total. The average molecular weight is 853 g/mol. The van der Waals surface area contributed by atoms with Crippen molar-refractivity contribution in [3.63, 3.8) is 0 Å². The molecule has 0 amide bonds. The standard InChI is InChI=1S/C38H40Cl2F6N2O3PS2/c1-35(47,17-5-7-25-13-15-31(21-33(25)39)53-29-11-3-9-27(19-29)37(41,42)43)23-50-52(49)51-24-36(2,48)18-6-8-26-14-16-32(22-34(26)40)54-30-12-4-10-28(20-30)38(44,45)46/h3-4,9-16,19-22H,5-8,17-18,23-24,47-48H2,1-2H3/q+1. The van der Waals surface area contributed by atoms with E-state index < -0.39 is 42.8 Å². The van der Waals surface area contributed by atoms with Crippen molar-refractivity contribution < 1.29 is 40.0 Å². The molecule has 292 valence electrons. The van der Waals surface area contributed by atoms with Crippen molar-refractivity contribution in [3.8, 4) is 0 Å². The summed E-state index contributed by atoms with van der Waals surface area (Å²) >= 11 is 15.4. The van der Waals surface area contributed by atoms with Crippen LogP contribution in [0, 0.1) is 0 Å². The van der Waals surface area contributed by atoms with Gasteiger partial charge in [-0.15, -0.1) is 9.05 Å². The van der Waals surface area contributed by atoms with Gasteiger partial charge in [-0.05, 0) is 124 Å². The molecule has 0 aromatic heterocycles. The average Bonchev–Trinajstić information content (AvgIpc) is 3.08. The molecule has 2 atom stereocenters. The summed E-state index contributed by atoms with van der Waals surface area (Å²) < 4.78 is 102. The Kier molecular flexibility index (Phi) is 15.8. The van der Waals surface area contributed by atoms with Gasteiger partial charge in [-0.1, -0.05) is 71.0 Å². The van der Waals surface area contributed by atoms with Gasteiger partial charge in [0.25, 0.3) is 0 Å². The van der Waals surface area contributed by atoms with Crippen molar-refractivity contribution in [2.24, 2.45) is 11.5 Å². The SMILES string of the molecule is CC(N)(CCCc1ccc(Sc2cccc(C(F)(F)F)c2)cc1Cl)CO[P+](=O)OCC(C)(N)CCCc1ccc(Sc2cccc(C(F)(F)F)c2)cc1Cl. The van der Waals surface area contributed by atoms with Gasteiger partial charge in [-0.2, -0.15) is 26.3 Å². The fourth-order valence-electron chi connectivity index (χ4n) is 5.28. The maximum Gasteiger partial charge on any atom is 0.697 e. The predicted octanol–water partition coefficient (Wildman–Crippen LogP) is 12.8. The van der Waals surface area contributed by atoms with E-state index in [1.807, 2.05) is 24.3 Å². The summed E-state index contributed by atoms with van der Waals surface area (Å²) in [6, 6.07) is 21.0. The Bertz CT molecular complexity index is 1760. The largest absolute Gasteiger partial charge is 0.697 e. The molecule has 4 N–H and O–H groups in total. The zero-order valence-corrected chi connectivity index (χ0v) is 33.4. The highest BCUT2D eigenvalue weighted by Gasteiger charge is 2.33. The second-order valence-electron chi connectivity index (χ2n) is 13.5. The molecule has 0 aliphatic heterocycles. The highest BCUT2D eigenvalue weighted by molar-refractivity contribution is 7.99. The Morgan fingerprint density at radius 3 is 1.33 bits per heavy atom. The van der Waals surface area contributed by atoms with E-state index in [0.29, 0.717) is 68.2 Å². The van der Waals surface area contributed by atoms with Crippen LogP contribution in [0.5, 0.6) is 0 Å². The zero-order valence-electron chi connectivity index (χ0n) is 29.4. The topological polar surface area (TPSA) is 87.6 Å². The molecule has 0 spiro atoms. The Labute approximate surface area is 330 Å². The van der Waals surface area contributed by atoms with Crippen LogP contribution < -0.4 is 11.5 Å². The van der Waals surface area contributed by atoms with E-state index in [2.05, 4.69) is 0 Å². The van der Waals surface area contributed by atoms with Gasteiger partial charge in [0.15, 0.2) is 0 Å². The van der Waals surface area contributed by atoms with Crippen LogP contribution in [0.2, 0.25) is 10.0 Å². The van der Waals surface area contributed by atoms with Crippen molar-refractivity contribution in [1.29, 1.82) is 0 Å². The molecule has 0 fully saturated rings. The smallest absolute Gasteiger partial charge is 0.323 e. The highest BCUT2D eigenvalue weighted by Crippen LogP contribution is 2.38. The molecule has 0 bridgehead atoms. The molecule has 4 rings (SSSR count). The maximum absolute atomic E-state index is 13.1. The Hall–Kier alpha value is -2.32. The van der Waals surface area contributed by atoms with E-state index in [1.54, 1.807) is 38.1 Å². The van der Waals surface area contributed by atoms with Gasteiger partial charge in [0.05, 0.1) is 11.1 Å². The first-order chi connectivity index (χ1) is 25.2. The molecule has 0 aliphatic rings. The Morgan fingerprint density at radius 2 is 0.981 bits per heavy atom. The first-order valence-corrected chi connectivity index (χ1v) is 20.3. The summed E-state index contributed by atoms with van der Waals surface area (Å²) in [5.41, 5.74) is 11.5. The van der Waals surface area contributed by atoms with Crippen molar-refractivity contribution in [1.82, 2.24) is 0 Å². The third kappa shape index (κ3) is 14.6. The summed E-state index contributed by atoms with van der Waals surface area (Å²) in [5, 5.41) is 0.992. The fourth-order valence-corrected chi connectivity index (χ4v) is 8.67. The lowest BCUT2D eigenvalue weighted by atomic mass is 9.95. The summed E-state index contributed by atoms with van der Waals surface area (Å²) in [6.07, 6.45) is -5.30. The molecule has 54 heavy (non-hydrogen) atoms. The van der Waals surface area contributed by atoms with Crippen LogP contribution >= 0.6 is 55.0 Å². The van der Waals surface area contributed by atoms with E-state index in [9.17, 15) is 30.9 Å². The number of hydrogen-bond acceptors (Lipinski definition) is 7. The molecular weight excluding hydrogens is 812 g/mol. The van der Waals surface area contributed by atoms with E-state index in [1.165, 1.54) is 35.7 Å². The minimum absolute atomic E-state index is 0.0235. The zero-order chi connectivity index (χ0) is 39.7. The molecule has 0 aliphatic carbocycles. The van der Waals surface area contributed by atoms with Gasteiger partial charge in [0, 0.05) is 45.3 Å². The van der Waals surface area contributed by atoms with E-state index >= 15 is 0 Å². The Morgan fingerprint density at radius 1 is 0.611 bits per heavy atom. The lowest BCUT2D eigenvalue weighted by Crippen LogP contribution is -2.41. The van der Waals surface area contributed by atoms with Crippen LogP contribution in [0.15, 0.2) is 105 Å². The van der Waals surface area contributed by atoms with Crippen LogP contribution in [0.4, 0.5) is 26.3 Å². The van der Waals surface area contributed by atoms with E-state index in [-0.39, 0.29) is 13.2 Å². The normalized spacial score (nSPS) is 14.8. The maximum atomic E-state index is 13.1. The van der Waals surface area contributed by atoms with Gasteiger partial charge in [-0.3, -0.25) is 0 Å². The van der Waals surface area contributed by atoms with Crippen LogP contribution in [-0.4, -0.2) is 24.3 Å². The molecule has 0 saturated heterocycles. The van der Waals surface area contributed by atoms with Crippen LogP contribution in [0.1, 0.15) is 61.8 Å². The second kappa shape index (κ2) is 19.2. The number of rotatable bonds is 18. The monoisotopic (exact) mass is 851 g/mol. The quantitative estimate of drug-likeness (QED) is 0.0761. The summed E-state index contributed by atoms with van der Waals surface area (Å²) in [4.78, 5) is 2.33. The van der Waals surface area contributed by atoms with Crippen molar-refractivity contribution >= 4 is 55.0 Å². The minimum Gasteiger partial charge on any atom is -0.323 e. The molecule has 2 unspecified atom stereocenters. The lowest BCUT2D eigenvalue weighted by Gasteiger charge is -2.22. The van der Waals surface area contributed by atoms with Crippen molar-refractivity contribution in [2.75, 3.05) is 13.2 Å².